The summed E-state index contributed by atoms with van der Waals surface area (Å²) in [6.07, 6.45) is 2.07. The SMILES string of the molecule is Cc1ccc(NC(=O)N2Cc3ccccc3-n3cccc3C2c2ccccc2C)cc1Cl. The van der Waals surface area contributed by atoms with Gasteiger partial charge in [0.1, 0.15) is 6.04 Å². The zero-order valence-corrected chi connectivity index (χ0v) is 18.8. The molecule has 1 atom stereocenters. The number of aryl methyl sites for hydroxylation is 2. The Balaban J connectivity index is 1.64. The number of amides is 2. The summed E-state index contributed by atoms with van der Waals surface area (Å²) < 4.78 is 2.20. The summed E-state index contributed by atoms with van der Waals surface area (Å²) in [5.41, 5.74) is 7.16. The number of hydrogen-bond donors (Lipinski definition) is 1. The van der Waals surface area contributed by atoms with Crippen molar-refractivity contribution in [1.29, 1.82) is 0 Å². The summed E-state index contributed by atoms with van der Waals surface area (Å²) in [5.74, 6) is 0. The van der Waals surface area contributed by atoms with E-state index in [1.165, 1.54) is 0 Å². The smallest absolute Gasteiger partial charge is 0.318 e. The van der Waals surface area contributed by atoms with Crippen LogP contribution < -0.4 is 5.32 Å². The van der Waals surface area contributed by atoms with Crippen LogP contribution in [0.4, 0.5) is 10.5 Å². The van der Waals surface area contributed by atoms with Gasteiger partial charge in [-0.05, 0) is 66.4 Å². The molecule has 0 radical (unpaired) electrons. The van der Waals surface area contributed by atoms with Crippen molar-refractivity contribution in [3.63, 3.8) is 0 Å². The number of anilines is 1. The monoisotopic (exact) mass is 441 g/mol. The van der Waals surface area contributed by atoms with Crippen molar-refractivity contribution in [3.05, 3.63) is 118 Å². The predicted molar refractivity (Wildman–Crippen MR) is 130 cm³/mol. The lowest BCUT2D eigenvalue weighted by atomic mass is 9.97. The number of rotatable bonds is 2. The van der Waals surface area contributed by atoms with Gasteiger partial charge in [-0.2, -0.15) is 0 Å². The van der Waals surface area contributed by atoms with Crippen LogP contribution in [0.5, 0.6) is 0 Å². The molecule has 32 heavy (non-hydrogen) atoms. The molecule has 1 aliphatic heterocycles. The number of nitrogens with one attached hydrogen (secondary N) is 1. The van der Waals surface area contributed by atoms with Gasteiger partial charge in [0, 0.05) is 22.6 Å². The maximum absolute atomic E-state index is 13.7. The fourth-order valence-corrected chi connectivity index (χ4v) is 4.61. The molecule has 3 aromatic carbocycles. The first-order valence-corrected chi connectivity index (χ1v) is 11.1. The Morgan fingerprint density at radius 3 is 2.53 bits per heavy atom. The number of benzene rings is 3. The average molecular weight is 442 g/mol. The Bertz CT molecular complexity index is 1310. The third kappa shape index (κ3) is 3.57. The minimum atomic E-state index is -0.237. The van der Waals surface area contributed by atoms with Gasteiger partial charge in [0.2, 0.25) is 0 Å². The van der Waals surface area contributed by atoms with Gasteiger partial charge in [-0.1, -0.05) is 60.1 Å². The fraction of sp³-hybridized carbons (Fsp3) is 0.148. The normalized spacial score (nSPS) is 15.0. The third-order valence-corrected chi connectivity index (χ3v) is 6.54. The summed E-state index contributed by atoms with van der Waals surface area (Å²) in [6, 6.07) is 25.8. The minimum absolute atomic E-state index is 0.164. The van der Waals surface area contributed by atoms with Gasteiger partial charge in [-0.25, -0.2) is 4.79 Å². The second kappa shape index (κ2) is 8.21. The second-order valence-corrected chi connectivity index (χ2v) is 8.62. The number of carbonyl (C=O) groups is 1. The van der Waals surface area contributed by atoms with Gasteiger partial charge < -0.3 is 14.8 Å². The number of fused-ring (bicyclic) bond motifs is 3. The standard InChI is InChI=1S/C27H24ClN3O/c1-18-8-3-5-10-22(18)26-25-12-7-15-30(25)24-11-6-4-9-20(24)17-31(26)27(32)29-21-14-13-19(2)23(28)16-21/h3-16,26H,17H2,1-2H3,(H,29,32). The van der Waals surface area contributed by atoms with E-state index in [4.69, 9.17) is 11.6 Å². The summed E-state index contributed by atoms with van der Waals surface area (Å²) in [7, 11) is 0. The number of halogens is 1. The van der Waals surface area contributed by atoms with E-state index in [0.29, 0.717) is 17.3 Å². The molecule has 0 bridgehead atoms. The molecule has 4 aromatic rings. The number of hydrogen-bond acceptors (Lipinski definition) is 1. The summed E-state index contributed by atoms with van der Waals surface area (Å²) in [5, 5.41) is 3.71. The molecule has 1 aliphatic rings. The van der Waals surface area contributed by atoms with Crippen molar-refractivity contribution in [2.24, 2.45) is 0 Å². The molecule has 5 rings (SSSR count). The number of carbonyl (C=O) groups excluding carboxylic acids is 1. The van der Waals surface area contributed by atoms with E-state index in [2.05, 4.69) is 53.3 Å². The summed E-state index contributed by atoms with van der Waals surface area (Å²) in [6.45, 7) is 4.53. The lowest BCUT2D eigenvalue weighted by Crippen LogP contribution is -2.38. The predicted octanol–water partition coefficient (Wildman–Crippen LogP) is 6.88. The minimum Gasteiger partial charge on any atom is -0.318 e. The lowest BCUT2D eigenvalue weighted by Gasteiger charge is -2.32. The molecule has 0 saturated heterocycles. The van der Waals surface area contributed by atoms with E-state index in [1.54, 1.807) is 6.07 Å². The quantitative estimate of drug-likeness (QED) is 0.361. The van der Waals surface area contributed by atoms with Crippen molar-refractivity contribution >= 4 is 23.3 Å². The van der Waals surface area contributed by atoms with Crippen LogP contribution in [-0.4, -0.2) is 15.5 Å². The van der Waals surface area contributed by atoms with Crippen LogP contribution in [0.3, 0.4) is 0 Å². The largest absolute Gasteiger partial charge is 0.322 e. The van der Waals surface area contributed by atoms with Gasteiger partial charge in [0.05, 0.1) is 12.2 Å². The zero-order valence-electron chi connectivity index (χ0n) is 18.0. The zero-order chi connectivity index (χ0) is 22.2. The Kier molecular flexibility index (Phi) is 5.24. The van der Waals surface area contributed by atoms with Gasteiger partial charge in [-0.15, -0.1) is 0 Å². The van der Waals surface area contributed by atoms with E-state index < -0.39 is 0 Å². The highest BCUT2D eigenvalue weighted by Crippen LogP contribution is 2.38. The van der Waals surface area contributed by atoms with Crippen LogP contribution in [0.15, 0.2) is 85.1 Å². The molecule has 2 amide bonds. The van der Waals surface area contributed by atoms with Crippen LogP contribution in [0.1, 0.15) is 34.0 Å². The van der Waals surface area contributed by atoms with Crippen LogP contribution in [0.2, 0.25) is 5.02 Å². The molecule has 1 aromatic heterocycles. The van der Waals surface area contributed by atoms with Crippen LogP contribution in [0.25, 0.3) is 5.69 Å². The van der Waals surface area contributed by atoms with E-state index in [0.717, 1.165) is 33.6 Å². The molecule has 5 heteroatoms. The molecule has 0 saturated carbocycles. The van der Waals surface area contributed by atoms with Crippen LogP contribution in [-0.2, 0) is 6.54 Å². The van der Waals surface area contributed by atoms with Crippen LogP contribution >= 0.6 is 11.6 Å². The summed E-state index contributed by atoms with van der Waals surface area (Å²) in [4.78, 5) is 15.6. The van der Waals surface area contributed by atoms with E-state index in [9.17, 15) is 4.79 Å². The highest BCUT2D eigenvalue weighted by molar-refractivity contribution is 6.31. The first-order valence-electron chi connectivity index (χ1n) is 10.7. The van der Waals surface area contributed by atoms with Gasteiger partial charge >= 0.3 is 6.03 Å². The van der Waals surface area contributed by atoms with Crippen molar-refractivity contribution < 1.29 is 4.79 Å². The number of nitrogens with zero attached hydrogens (tertiary/aromatic N) is 2. The molecule has 4 nitrogen and oxygen atoms in total. The second-order valence-electron chi connectivity index (χ2n) is 8.21. The highest BCUT2D eigenvalue weighted by atomic mass is 35.5. The Hall–Kier alpha value is -3.50. The molecule has 0 spiro atoms. The molecule has 1 unspecified atom stereocenters. The van der Waals surface area contributed by atoms with Crippen molar-refractivity contribution in [3.8, 4) is 5.69 Å². The van der Waals surface area contributed by atoms with E-state index in [-0.39, 0.29) is 12.1 Å². The Morgan fingerprint density at radius 2 is 1.72 bits per heavy atom. The first kappa shape index (κ1) is 20.4. The maximum atomic E-state index is 13.7. The topological polar surface area (TPSA) is 37.3 Å². The molecular formula is C27H24ClN3O. The van der Waals surface area contributed by atoms with Gasteiger partial charge in [0.15, 0.2) is 0 Å². The first-order chi connectivity index (χ1) is 15.5. The molecule has 1 N–H and O–H groups in total. The molecule has 2 heterocycles. The van der Waals surface area contributed by atoms with Crippen LogP contribution in [0, 0.1) is 13.8 Å². The summed E-state index contributed by atoms with van der Waals surface area (Å²) >= 11 is 6.31. The van der Waals surface area contributed by atoms with Crippen molar-refractivity contribution in [1.82, 2.24) is 9.47 Å². The Morgan fingerprint density at radius 1 is 0.938 bits per heavy atom. The number of para-hydroxylation sites is 1. The lowest BCUT2D eigenvalue weighted by molar-refractivity contribution is 0.194. The maximum Gasteiger partial charge on any atom is 0.322 e. The van der Waals surface area contributed by atoms with Crippen molar-refractivity contribution in [2.45, 2.75) is 26.4 Å². The third-order valence-electron chi connectivity index (χ3n) is 6.13. The van der Waals surface area contributed by atoms with Crippen molar-refractivity contribution in [2.75, 3.05) is 5.32 Å². The fourth-order valence-electron chi connectivity index (χ4n) is 4.43. The molecule has 160 valence electrons. The molecular weight excluding hydrogens is 418 g/mol. The van der Waals surface area contributed by atoms with E-state index >= 15 is 0 Å². The van der Waals surface area contributed by atoms with Gasteiger partial charge in [-0.3, -0.25) is 0 Å². The number of urea groups is 1. The molecule has 0 fully saturated rings. The number of aromatic nitrogens is 1. The average Bonchev–Trinajstić information content (AvgIpc) is 3.21. The van der Waals surface area contributed by atoms with Gasteiger partial charge in [0.25, 0.3) is 0 Å². The highest BCUT2D eigenvalue weighted by Gasteiger charge is 2.33. The molecule has 0 aliphatic carbocycles. The van der Waals surface area contributed by atoms with E-state index in [1.807, 2.05) is 54.3 Å². The Labute approximate surface area is 193 Å².